The summed E-state index contributed by atoms with van der Waals surface area (Å²) in [5, 5.41) is 0. The molecule has 2 nitrogen and oxygen atoms in total. The smallest absolute Gasteiger partial charge is 0.223 e. The molecule has 0 heterocycles. The van der Waals surface area contributed by atoms with E-state index in [0.29, 0.717) is 11.8 Å². The summed E-state index contributed by atoms with van der Waals surface area (Å²) in [4.78, 5) is 12.2. The average Bonchev–Trinajstić information content (AvgIpc) is 2.46. The van der Waals surface area contributed by atoms with E-state index in [1.807, 2.05) is 0 Å². The van der Waals surface area contributed by atoms with Crippen LogP contribution in [0.4, 0.5) is 0 Å². The Balaban J connectivity index is 2.08. The third-order valence-electron chi connectivity index (χ3n) is 6.61. The van der Waals surface area contributed by atoms with Gasteiger partial charge in [-0.05, 0) is 59.6 Å². The van der Waals surface area contributed by atoms with Gasteiger partial charge < -0.3 is 5.73 Å². The minimum absolute atomic E-state index is 0.102. The van der Waals surface area contributed by atoms with Crippen LogP contribution in [-0.4, -0.2) is 5.91 Å². The molecule has 0 saturated heterocycles. The highest BCUT2D eigenvalue weighted by atomic mass is 16.1. The number of rotatable bonds is 2. The lowest BCUT2D eigenvalue weighted by atomic mass is 9.49. The van der Waals surface area contributed by atoms with E-state index >= 15 is 0 Å². The van der Waals surface area contributed by atoms with E-state index in [-0.39, 0.29) is 16.7 Å². The summed E-state index contributed by atoms with van der Waals surface area (Å²) in [6.45, 7) is 8.97. The van der Waals surface area contributed by atoms with Crippen LogP contribution in [0.25, 0.3) is 0 Å². The zero-order chi connectivity index (χ0) is 16.1. The first-order chi connectivity index (χ1) is 10.3. The summed E-state index contributed by atoms with van der Waals surface area (Å²) in [5.74, 6) is 0.840. The molecule has 1 saturated carbocycles. The first-order valence-electron chi connectivity index (χ1n) is 8.72. The van der Waals surface area contributed by atoms with E-state index < -0.39 is 0 Å². The van der Waals surface area contributed by atoms with Crippen LogP contribution in [0.2, 0.25) is 0 Å². The molecule has 22 heavy (non-hydrogen) atoms. The maximum Gasteiger partial charge on any atom is 0.223 e. The van der Waals surface area contributed by atoms with Gasteiger partial charge >= 0.3 is 0 Å². The first-order valence-corrected chi connectivity index (χ1v) is 8.72. The van der Waals surface area contributed by atoms with Crippen molar-refractivity contribution in [1.29, 1.82) is 0 Å². The van der Waals surface area contributed by atoms with Gasteiger partial charge in [-0.25, -0.2) is 0 Å². The van der Waals surface area contributed by atoms with Crippen LogP contribution in [0.1, 0.15) is 76.0 Å². The van der Waals surface area contributed by atoms with Crippen LogP contribution in [0, 0.1) is 11.3 Å². The Morgan fingerprint density at radius 1 is 1.27 bits per heavy atom. The molecule has 3 atom stereocenters. The Kier molecular flexibility index (Phi) is 3.62. The minimum Gasteiger partial charge on any atom is -0.369 e. The molecule has 0 bridgehead atoms. The van der Waals surface area contributed by atoms with Crippen LogP contribution in [0.3, 0.4) is 0 Å². The van der Waals surface area contributed by atoms with E-state index in [2.05, 4.69) is 45.9 Å². The first kappa shape index (κ1) is 15.6. The van der Waals surface area contributed by atoms with E-state index in [4.69, 9.17) is 5.73 Å². The molecule has 1 amide bonds. The number of nitrogens with two attached hydrogens (primary N) is 1. The Bertz CT molecular complexity index is 606. The van der Waals surface area contributed by atoms with Crippen LogP contribution < -0.4 is 5.73 Å². The van der Waals surface area contributed by atoms with Gasteiger partial charge in [-0.2, -0.15) is 0 Å². The molecule has 0 unspecified atom stereocenters. The van der Waals surface area contributed by atoms with Crippen molar-refractivity contribution in [3.63, 3.8) is 0 Å². The molecule has 1 aromatic carbocycles. The molecule has 1 aromatic rings. The molecule has 0 radical (unpaired) electrons. The Morgan fingerprint density at radius 2 is 2.00 bits per heavy atom. The normalized spacial score (nSPS) is 34.1. The maximum absolute atomic E-state index is 12.2. The van der Waals surface area contributed by atoms with Crippen LogP contribution >= 0.6 is 0 Å². The second-order valence-electron chi connectivity index (χ2n) is 8.22. The van der Waals surface area contributed by atoms with E-state index in [1.165, 1.54) is 23.1 Å². The van der Waals surface area contributed by atoms with Crippen LogP contribution in [-0.2, 0) is 16.6 Å². The quantitative estimate of drug-likeness (QED) is 0.869. The fraction of sp³-hybridized carbons (Fsp3) is 0.650. The molecule has 1 fully saturated rings. The third kappa shape index (κ3) is 2.11. The molecule has 2 aliphatic rings. The molecular formula is C20H29NO. The lowest BCUT2D eigenvalue weighted by Crippen LogP contribution is -2.54. The van der Waals surface area contributed by atoms with Crippen molar-refractivity contribution < 1.29 is 4.79 Å². The lowest BCUT2D eigenvalue weighted by Gasteiger charge is -2.54. The van der Waals surface area contributed by atoms with Gasteiger partial charge in [0.05, 0.1) is 0 Å². The molecular weight excluding hydrogens is 270 g/mol. The number of aryl methyl sites for hydroxylation is 1. The number of fused-ring (bicyclic) bond motifs is 3. The van der Waals surface area contributed by atoms with Crippen molar-refractivity contribution in [2.45, 2.75) is 71.1 Å². The van der Waals surface area contributed by atoms with Gasteiger partial charge in [0.25, 0.3) is 0 Å². The SMILES string of the molecule is CC(C)c1ccc2c(c1)CC[C@@H]1[C@](C)(C(N)=O)CCC[C@]21C. The van der Waals surface area contributed by atoms with Crippen molar-refractivity contribution in [3.8, 4) is 0 Å². The minimum atomic E-state index is -0.346. The van der Waals surface area contributed by atoms with Crippen molar-refractivity contribution >= 4 is 5.91 Å². The monoisotopic (exact) mass is 299 g/mol. The number of amides is 1. The molecule has 2 aliphatic carbocycles. The number of hydrogen-bond donors (Lipinski definition) is 1. The summed E-state index contributed by atoms with van der Waals surface area (Å²) in [7, 11) is 0. The van der Waals surface area contributed by atoms with Gasteiger partial charge in [-0.3, -0.25) is 4.79 Å². The van der Waals surface area contributed by atoms with E-state index in [0.717, 1.165) is 25.7 Å². The standard InChI is InChI=1S/C20H29NO/c1-13(2)14-6-8-16-15(12-14)7-9-17-19(16,3)10-5-11-20(17,4)18(21)22/h6,8,12-13,17H,5,7,9-11H2,1-4H3,(H2,21,22)/t17-,19+,20+/m0/s1. The lowest BCUT2D eigenvalue weighted by molar-refractivity contribution is -0.135. The Labute approximate surface area is 134 Å². The molecule has 0 aliphatic heterocycles. The average molecular weight is 299 g/mol. The number of carbonyl (C=O) groups excluding carboxylic acids is 1. The zero-order valence-electron chi connectivity index (χ0n) is 14.4. The predicted molar refractivity (Wildman–Crippen MR) is 90.8 cm³/mol. The summed E-state index contributed by atoms with van der Waals surface area (Å²) >= 11 is 0. The molecule has 3 rings (SSSR count). The summed E-state index contributed by atoms with van der Waals surface area (Å²) < 4.78 is 0. The summed E-state index contributed by atoms with van der Waals surface area (Å²) in [6.07, 6.45) is 5.39. The van der Waals surface area contributed by atoms with E-state index in [9.17, 15) is 4.79 Å². The summed E-state index contributed by atoms with van der Waals surface area (Å²) in [5.41, 5.74) is 9.97. The van der Waals surface area contributed by atoms with Crippen molar-refractivity contribution in [2.75, 3.05) is 0 Å². The predicted octanol–water partition coefficient (Wildman–Crippen LogP) is 4.31. The van der Waals surface area contributed by atoms with Gasteiger partial charge in [-0.1, -0.05) is 52.3 Å². The van der Waals surface area contributed by atoms with Gasteiger partial charge in [-0.15, -0.1) is 0 Å². The van der Waals surface area contributed by atoms with Gasteiger partial charge in [0.1, 0.15) is 0 Å². The van der Waals surface area contributed by atoms with Gasteiger partial charge in [0.2, 0.25) is 5.91 Å². The molecule has 0 spiro atoms. The van der Waals surface area contributed by atoms with Crippen molar-refractivity contribution in [3.05, 3.63) is 34.9 Å². The fourth-order valence-electron chi connectivity index (χ4n) is 5.17. The van der Waals surface area contributed by atoms with Crippen molar-refractivity contribution in [1.82, 2.24) is 0 Å². The molecule has 0 aromatic heterocycles. The molecule has 2 heteroatoms. The zero-order valence-corrected chi connectivity index (χ0v) is 14.4. The van der Waals surface area contributed by atoms with Gasteiger partial charge in [0.15, 0.2) is 0 Å². The number of benzene rings is 1. The largest absolute Gasteiger partial charge is 0.369 e. The second kappa shape index (κ2) is 5.11. The van der Waals surface area contributed by atoms with Crippen LogP contribution in [0.5, 0.6) is 0 Å². The topological polar surface area (TPSA) is 43.1 Å². The highest BCUT2D eigenvalue weighted by Gasteiger charge is 2.54. The third-order valence-corrected chi connectivity index (χ3v) is 6.61. The fourth-order valence-corrected chi connectivity index (χ4v) is 5.17. The Hall–Kier alpha value is -1.31. The van der Waals surface area contributed by atoms with Crippen LogP contribution in [0.15, 0.2) is 18.2 Å². The summed E-state index contributed by atoms with van der Waals surface area (Å²) in [6, 6.07) is 7.02. The number of carbonyl (C=O) groups is 1. The van der Waals surface area contributed by atoms with Gasteiger partial charge in [0, 0.05) is 5.41 Å². The molecule has 2 N–H and O–H groups in total. The molecule has 120 valence electrons. The highest BCUT2D eigenvalue weighted by Crippen LogP contribution is 2.57. The number of hydrogen-bond acceptors (Lipinski definition) is 1. The number of primary amides is 1. The maximum atomic E-state index is 12.2. The Morgan fingerprint density at radius 3 is 2.64 bits per heavy atom. The van der Waals surface area contributed by atoms with Crippen molar-refractivity contribution in [2.24, 2.45) is 17.1 Å². The highest BCUT2D eigenvalue weighted by molar-refractivity contribution is 5.81. The van der Waals surface area contributed by atoms with E-state index in [1.54, 1.807) is 0 Å². The second-order valence-corrected chi connectivity index (χ2v) is 8.22.